The van der Waals surface area contributed by atoms with Gasteiger partial charge in [-0.2, -0.15) is 0 Å². The van der Waals surface area contributed by atoms with Gasteiger partial charge in [0.2, 0.25) is 0 Å². The smallest absolute Gasteiger partial charge is 0.0468 e. The van der Waals surface area contributed by atoms with Gasteiger partial charge < -0.3 is 4.74 Å². The second-order valence-electron chi connectivity index (χ2n) is 4.05. The van der Waals surface area contributed by atoms with Crippen molar-refractivity contribution in [3.8, 4) is 0 Å². The zero-order chi connectivity index (χ0) is 10.3. The molecule has 1 nitrogen and oxygen atoms in total. The highest BCUT2D eigenvalue weighted by Gasteiger charge is 2.22. The summed E-state index contributed by atoms with van der Waals surface area (Å²) in [6.07, 6.45) is 2.55. The Hall–Kier alpha value is -0.0400. The molecule has 0 amide bonds. The van der Waals surface area contributed by atoms with Crippen molar-refractivity contribution in [1.29, 1.82) is 0 Å². The summed E-state index contributed by atoms with van der Waals surface area (Å²) in [4.78, 5) is 0. The maximum Gasteiger partial charge on any atom is 0.0468 e. The van der Waals surface area contributed by atoms with Gasteiger partial charge in [0.05, 0.1) is 0 Å². The molecule has 1 rings (SSSR count). The number of ether oxygens (including phenoxy) is 1. The van der Waals surface area contributed by atoms with E-state index in [0.29, 0.717) is 0 Å². The number of hydrogen-bond acceptors (Lipinski definition) is 1. The van der Waals surface area contributed by atoms with E-state index < -0.39 is 0 Å². The van der Waals surface area contributed by atoms with Gasteiger partial charge in [0.1, 0.15) is 0 Å². The molecule has 0 N–H and O–H groups in total. The van der Waals surface area contributed by atoms with Crippen molar-refractivity contribution < 1.29 is 4.74 Å². The van der Waals surface area contributed by atoms with Gasteiger partial charge in [0, 0.05) is 13.2 Å². The van der Waals surface area contributed by atoms with Crippen LogP contribution in [0.4, 0.5) is 0 Å². The molecule has 0 aromatic heterocycles. The highest BCUT2D eigenvalue weighted by Crippen LogP contribution is 2.28. The maximum atomic E-state index is 5.33. The minimum atomic E-state index is 0.832. The van der Waals surface area contributed by atoms with Gasteiger partial charge in [-0.25, -0.2) is 0 Å². The fourth-order valence-corrected chi connectivity index (χ4v) is 1.79. The lowest BCUT2D eigenvalue weighted by molar-refractivity contribution is 0.0414. The van der Waals surface area contributed by atoms with Crippen molar-refractivity contribution in [2.45, 2.75) is 47.5 Å². The average molecular weight is 186 g/mol. The molecule has 1 aliphatic heterocycles. The Morgan fingerprint density at radius 1 is 1.00 bits per heavy atom. The number of hydrogen-bond donors (Lipinski definition) is 0. The SMILES string of the molecule is CC.CC(C)C(C)C1CCOCC1. The lowest BCUT2D eigenvalue weighted by atomic mass is 9.80. The third kappa shape index (κ3) is 4.66. The standard InChI is InChI=1S/C10H20O.C2H6/c1-8(2)9(3)10-4-6-11-7-5-10;1-2/h8-10H,4-7H2,1-3H3;1-2H3. The predicted octanol–water partition coefficient (Wildman–Crippen LogP) is 3.73. The van der Waals surface area contributed by atoms with E-state index >= 15 is 0 Å². The van der Waals surface area contributed by atoms with Crippen molar-refractivity contribution in [3.05, 3.63) is 0 Å². The van der Waals surface area contributed by atoms with Crippen LogP contribution in [0.25, 0.3) is 0 Å². The van der Waals surface area contributed by atoms with E-state index in [2.05, 4.69) is 20.8 Å². The quantitative estimate of drug-likeness (QED) is 0.638. The molecule has 13 heavy (non-hydrogen) atoms. The molecule has 1 atom stereocenters. The van der Waals surface area contributed by atoms with E-state index in [1.165, 1.54) is 12.8 Å². The Morgan fingerprint density at radius 2 is 1.46 bits per heavy atom. The van der Waals surface area contributed by atoms with Crippen LogP contribution in [-0.2, 0) is 4.74 Å². The Morgan fingerprint density at radius 3 is 1.85 bits per heavy atom. The van der Waals surface area contributed by atoms with E-state index in [1.54, 1.807) is 0 Å². The molecule has 1 saturated heterocycles. The van der Waals surface area contributed by atoms with Crippen LogP contribution in [0.5, 0.6) is 0 Å². The van der Waals surface area contributed by atoms with E-state index in [0.717, 1.165) is 31.0 Å². The monoisotopic (exact) mass is 186 g/mol. The molecule has 80 valence electrons. The molecule has 0 aliphatic carbocycles. The zero-order valence-electron chi connectivity index (χ0n) is 9.97. The molecule has 0 aromatic rings. The summed E-state index contributed by atoms with van der Waals surface area (Å²) in [7, 11) is 0. The molecule has 0 saturated carbocycles. The minimum Gasteiger partial charge on any atom is -0.381 e. The van der Waals surface area contributed by atoms with Gasteiger partial charge >= 0.3 is 0 Å². The fourth-order valence-electron chi connectivity index (χ4n) is 1.79. The van der Waals surface area contributed by atoms with Crippen LogP contribution in [-0.4, -0.2) is 13.2 Å². The Kier molecular flexibility index (Phi) is 7.35. The Labute approximate surface area is 83.9 Å². The summed E-state index contributed by atoms with van der Waals surface area (Å²) < 4.78 is 5.33. The van der Waals surface area contributed by atoms with Crippen LogP contribution in [0.1, 0.15) is 47.5 Å². The van der Waals surface area contributed by atoms with Gasteiger partial charge in [-0.15, -0.1) is 0 Å². The van der Waals surface area contributed by atoms with Gasteiger partial charge in [-0.3, -0.25) is 0 Å². The first-order valence-corrected chi connectivity index (χ1v) is 5.79. The molecule has 1 heterocycles. The summed E-state index contributed by atoms with van der Waals surface area (Å²) in [6, 6.07) is 0. The summed E-state index contributed by atoms with van der Waals surface area (Å²) >= 11 is 0. The topological polar surface area (TPSA) is 9.23 Å². The second-order valence-corrected chi connectivity index (χ2v) is 4.05. The van der Waals surface area contributed by atoms with Crippen LogP contribution in [0.3, 0.4) is 0 Å². The largest absolute Gasteiger partial charge is 0.381 e. The maximum absolute atomic E-state index is 5.33. The fraction of sp³-hybridized carbons (Fsp3) is 1.00. The first kappa shape index (κ1) is 13.0. The lowest BCUT2D eigenvalue weighted by Crippen LogP contribution is -2.24. The van der Waals surface area contributed by atoms with Gasteiger partial charge in [0.25, 0.3) is 0 Å². The third-order valence-corrected chi connectivity index (χ3v) is 3.06. The minimum absolute atomic E-state index is 0.832. The lowest BCUT2D eigenvalue weighted by Gasteiger charge is -2.30. The average Bonchev–Trinajstić information content (AvgIpc) is 2.21. The molecule has 1 heteroatoms. The van der Waals surface area contributed by atoms with E-state index in [4.69, 9.17) is 4.74 Å². The first-order valence-electron chi connectivity index (χ1n) is 5.79. The van der Waals surface area contributed by atoms with Crippen LogP contribution >= 0.6 is 0 Å². The molecular formula is C12H26O. The van der Waals surface area contributed by atoms with Crippen molar-refractivity contribution in [2.24, 2.45) is 17.8 Å². The zero-order valence-corrected chi connectivity index (χ0v) is 9.97. The summed E-state index contributed by atoms with van der Waals surface area (Å²) in [5, 5.41) is 0. The first-order chi connectivity index (χ1) is 6.22. The normalized spacial score (nSPS) is 20.8. The predicted molar refractivity (Wildman–Crippen MR) is 58.9 cm³/mol. The van der Waals surface area contributed by atoms with Gasteiger partial charge in [0.15, 0.2) is 0 Å². The van der Waals surface area contributed by atoms with Crippen molar-refractivity contribution in [2.75, 3.05) is 13.2 Å². The van der Waals surface area contributed by atoms with Gasteiger partial charge in [-0.1, -0.05) is 34.6 Å². The van der Waals surface area contributed by atoms with Crippen molar-refractivity contribution >= 4 is 0 Å². The highest BCUT2D eigenvalue weighted by atomic mass is 16.5. The third-order valence-electron chi connectivity index (χ3n) is 3.06. The van der Waals surface area contributed by atoms with E-state index in [1.807, 2.05) is 13.8 Å². The molecular weight excluding hydrogens is 160 g/mol. The highest BCUT2D eigenvalue weighted by molar-refractivity contribution is 4.71. The van der Waals surface area contributed by atoms with E-state index in [9.17, 15) is 0 Å². The summed E-state index contributed by atoms with van der Waals surface area (Å²) in [5.41, 5.74) is 0. The Bertz CT molecular complexity index is 104. The molecule has 0 aromatic carbocycles. The van der Waals surface area contributed by atoms with Gasteiger partial charge in [-0.05, 0) is 30.6 Å². The molecule has 1 fully saturated rings. The molecule has 0 radical (unpaired) electrons. The van der Waals surface area contributed by atoms with Crippen LogP contribution in [0.15, 0.2) is 0 Å². The van der Waals surface area contributed by atoms with Crippen LogP contribution in [0, 0.1) is 17.8 Å². The van der Waals surface area contributed by atoms with E-state index in [-0.39, 0.29) is 0 Å². The molecule has 1 aliphatic rings. The van der Waals surface area contributed by atoms with Crippen molar-refractivity contribution in [1.82, 2.24) is 0 Å². The molecule has 0 bridgehead atoms. The molecule has 1 unspecified atom stereocenters. The summed E-state index contributed by atoms with van der Waals surface area (Å²) in [6.45, 7) is 13.0. The second kappa shape index (κ2) is 7.37. The van der Waals surface area contributed by atoms with Crippen LogP contribution < -0.4 is 0 Å². The van der Waals surface area contributed by atoms with Crippen molar-refractivity contribution in [3.63, 3.8) is 0 Å². The molecule has 0 spiro atoms. The number of rotatable bonds is 2. The Balaban J connectivity index is 0.000000671. The van der Waals surface area contributed by atoms with Crippen LogP contribution in [0.2, 0.25) is 0 Å². The summed E-state index contributed by atoms with van der Waals surface area (Å²) in [5.74, 6) is 2.63.